The summed E-state index contributed by atoms with van der Waals surface area (Å²) in [7, 11) is 8.01. The molecule has 6 heteroatoms. The van der Waals surface area contributed by atoms with E-state index in [2.05, 4.69) is 0 Å². The lowest BCUT2D eigenvalue weighted by atomic mass is 9.98. The molecule has 0 aromatic heterocycles. The van der Waals surface area contributed by atoms with E-state index in [1.807, 2.05) is 0 Å². The molecule has 102 valence electrons. The average Bonchev–Trinajstić information content (AvgIpc) is 2.37. The van der Waals surface area contributed by atoms with Gasteiger partial charge < -0.3 is 28.4 Å². The second-order valence-corrected chi connectivity index (χ2v) is 3.83. The SMILES string of the molecule is COC[C@H]1OC(OC)[C@H](OC)[C@@H](OC)[C@@H]1OC. The van der Waals surface area contributed by atoms with E-state index in [1.165, 1.54) is 0 Å². The summed E-state index contributed by atoms with van der Waals surface area (Å²) in [6, 6.07) is 0. The van der Waals surface area contributed by atoms with Crippen LogP contribution in [0.4, 0.5) is 0 Å². The molecule has 0 saturated carbocycles. The number of hydrogen-bond donors (Lipinski definition) is 0. The van der Waals surface area contributed by atoms with Crippen molar-refractivity contribution in [2.75, 3.05) is 42.2 Å². The summed E-state index contributed by atoms with van der Waals surface area (Å²) in [5.74, 6) is 0. The van der Waals surface area contributed by atoms with Gasteiger partial charge >= 0.3 is 0 Å². The largest absolute Gasteiger partial charge is 0.382 e. The van der Waals surface area contributed by atoms with Gasteiger partial charge in [-0.15, -0.1) is 0 Å². The molecule has 0 radical (unpaired) electrons. The smallest absolute Gasteiger partial charge is 0.186 e. The van der Waals surface area contributed by atoms with Gasteiger partial charge in [0.05, 0.1) is 6.61 Å². The molecule has 0 N–H and O–H groups in total. The van der Waals surface area contributed by atoms with E-state index in [9.17, 15) is 0 Å². The molecule has 1 aliphatic heterocycles. The minimum atomic E-state index is -0.489. The van der Waals surface area contributed by atoms with Crippen molar-refractivity contribution in [1.29, 1.82) is 0 Å². The fraction of sp³-hybridized carbons (Fsp3) is 1.00. The van der Waals surface area contributed by atoms with Crippen molar-refractivity contribution in [1.82, 2.24) is 0 Å². The molecule has 1 heterocycles. The Kier molecular flexibility index (Phi) is 6.32. The predicted molar refractivity (Wildman–Crippen MR) is 59.9 cm³/mol. The van der Waals surface area contributed by atoms with Gasteiger partial charge in [-0.1, -0.05) is 0 Å². The third kappa shape index (κ3) is 3.15. The number of hydrogen-bond acceptors (Lipinski definition) is 6. The van der Waals surface area contributed by atoms with Crippen LogP contribution in [0, 0.1) is 0 Å². The van der Waals surface area contributed by atoms with E-state index in [-0.39, 0.29) is 24.4 Å². The van der Waals surface area contributed by atoms with Crippen LogP contribution >= 0.6 is 0 Å². The number of rotatable bonds is 6. The highest BCUT2D eigenvalue weighted by Gasteiger charge is 2.47. The van der Waals surface area contributed by atoms with Gasteiger partial charge in [-0.2, -0.15) is 0 Å². The van der Waals surface area contributed by atoms with E-state index in [4.69, 9.17) is 28.4 Å². The van der Waals surface area contributed by atoms with Gasteiger partial charge in [-0.3, -0.25) is 0 Å². The first-order chi connectivity index (χ1) is 8.23. The maximum absolute atomic E-state index is 5.74. The first kappa shape index (κ1) is 14.8. The van der Waals surface area contributed by atoms with E-state index in [1.54, 1.807) is 35.5 Å². The summed E-state index contributed by atoms with van der Waals surface area (Å²) in [5.41, 5.74) is 0. The normalized spacial score (nSPS) is 38.3. The summed E-state index contributed by atoms with van der Waals surface area (Å²) in [4.78, 5) is 0. The second-order valence-electron chi connectivity index (χ2n) is 3.83. The molecule has 1 unspecified atom stereocenters. The standard InChI is InChI=1S/C11H22O6/c1-12-6-7-8(13-2)9(14-3)10(15-4)11(16-5)17-7/h7-11H,6H2,1-5H3/t7-,8-,9+,10-,11?/m1/s1. The minimum absolute atomic E-state index is 0.244. The summed E-state index contributed by atoms with van der Waals surface area (Å²) in [6.07, 6.45) is -1.58. The van der Waals surface area contributed by atoms with Crippen molar-refractivity contribution in [2.45, 2.75) is 30.7 Å². The maximum Gasteiger partial charge on any atom is 0.186 e. The van der Waals surface area contributed by atoms with Gasteiger partial charge in [0, 0.05) is 35.5 Å². The Hall–Kier alpha value is -0.240. The third-order valence-corrected chi connectivity index (χ3v) is 2.97. The van der Waals surface area contributed by atoms with Crippen molar-refractivity contribution in [3.05, 3.63) is 0 Å². The maximum atomic E-state index is 5.74. The van der Waals surface area contributed by atoms with Crippen LogP contribution in [0.3, 0.4) is 0 Å². The van der Waals surface area contributed by atoms with E-state index in [0.29, 0.717) is 6.61 Å². The topological polar surface area (TPSA) is 55.4 Å². The molecule has 0 amide bonds. The molecular formula is C11H22O6. The quantitative estimate of drug-likeness (QED) is 0.664. The lowest BCUT2D eigenvalue weighted by molar-refractivity contribution is -0.307. The highest BCUT2D eigenvalue weighted by atomic mass is 16.7. The van der Waals surface area contributed by atoms with Gasteiger partial charge in [0.25, 0.3) is 0 Å². The van der Waals surface area contributed by atoms with Crippen molar-refractivity contribution >= 4 is 0 Å². The molecule has 5 atom stereocenters. The van der Waals surface area contributed by atoms with E-state index >= 15 is 0 Å². The molecule has 17 heavy (non-hydrogen) atoms. The van der Waals surface area contributed by atoms with Crippen LogP contribution in [-0.4, -0.2) is 72.9 Å². The van der Waals surface area contributed by atoms with Crippen LogP contribution in [0.2, 0.25) is 0 Å². The monoisotopic (exact) mass is 250 g/mol. The Morgan fingerprint density at radius 1 is 0.765 bits per heavy atom. The molecule has 0 bridgehead atoms. The van der Waals surface area contributed by atoms with Crippen molar-refractivity contribution < 1.29 is 28.4 Å². The Labute approximate surface area is 102 Å². The highest BCUT2D eigenvalue weighted by Crippen LogP contribution is 2.27. The van der Waals surface area contributed by atoms with Gasteiger partial charge in [-0.05, 0) is 0 Å². The van der Waals surface area contributed by atoms with Crippen LogP contribution in [0.5, 0.6) is 0 Å². The van der Waals surface area contributed by atoms with Crippen molar-refractivity contribution in [2.24, 2.45) is 0 Å². The van der Waals surface area contributed by atoms with Crippen molar-refractivity contribution in [3.63, 3.8) is 0 Å². The molecule has 0 aromatic carbocycles. The zero-order valence-corrected chi connectivity index (χ0v) is 11.0. The molecule has 1 fully saturated rings. The molecule has 1 saturated heterocycles. The fourth-order valence-electron chi connectivity index (χ4n) is 2.17. The molecule has 6 nitrogen and oxygen atoms in total. The first-order valence-corrected chi connectivity index (χ1v) is 5.49. The van der Waals surface area contributed by atoms with Crippen LogP contribution in [0.1, 0.15) is 0 Å². The first-order valence-electron chi connectivity index (χ1n) is 5.49. The fourth-order valence-corrected chi connectivity index (χ4v) is 2.17. The molecule has 1 rings (SSSR count). The second kappa shape index (κ2) is 7.25. The lowest BCUT2D eigenvalue weighted by Gasteiger charge is -2.44. The van der Waals surface area contributed by atoms with Gasteiger partial charge in [-0.25, -0.2) is 0 Å². The molecule has 0 spiro atoms. The summed E-state index contributed by atoms with van der Waals surface area (Å²) < 4.78 is 32.3. The van der Waals surface area contributed by atoms with Crippen LogP contribution < -0.4 is 0 Å². The zero-order chi connectivity index (χ0) is 12.8. The number of ether oxygens (including phenoxy) is 6. The van der Waals surface area contributed by atoms with E-state index in [0.717, 1.165) is 0 Å². The van der Waals surface area contributed by atoms with Crippen LogP contribution in [0.25, 0.3) is 0 Å². The van der Waals surface area contributed by atoms with Gasteiger partial charge in [0.1, 0.15) is 24.4 Å². The molecule has 0 aromatic rings. The van der Waals surface area contributed by atoms with Crippen LogP contribution in [0.15, 0.2) is 0 Å². The Morgan fingerprint density at radius 2 is 1.35 bits per heavy atom. The van der Waals surface area contributed by atoms with Crippen molar-refractivity contribution in [3.8, 4) is 0 Å². The molecule has 0 aliphatic carbocycles. The Morgan fingerprint density at radius 3 is 1.76 bits per heavy atom. The van der Waals surface area contributed by atoms with E-state index < -0.39 is 6.29 Å². The molecule has 1 aliphatic rings. The summed E-state index contributed by atoms with van der Waals surface area (Å²) in [6.45, 7) is 0.411. The number of methoxy groups -OCH3 is 5. The van der Waals surface area contributed by atoms with Crippen LogP contribution in [-0.2, 0) is 28.4 Å². The Bertz CT molecular complexity index is 212. The molecular weight excluding hydrogens is 228 g/mol. The third-order valence-electron chi connectivity index (χ3n) is 2.97. The highest BCUT2D eigenvalue weighted by molar-refractivity contribution is 4.92. The Balaban J connectivity index is 2.84. The average molecular weight is 250 g/mol. The van der Waals surface area contributed by atoms with Gasteiger partial charge in [0.2, 0.25) is 0 Å². The summed E-state index contributed by atoms with van der Waals surface area (Å²) >= 11 is 0. The minimum Gasteiger partial charge on any atom is -0.382 e. The zero-order valence-electron chi connectivity index (χ0n) is 11.0. The summed E-state index contributed by atoms with van der Waals surface area (Å²) in [5, 5.41) is 0. The van der Waals surface area contributed by atoms with Gasteiger partial charge in [0.15, 0.2) is 6.29 Å². The predicted octanol–water partition coefficient (Wildman–Crippen LogP) is 0.0491. The lowest BCUT2D eigenvalue weighted by Crippen LogP contribution is -2.61.